The van der Waals surface area contributed by atoms with E-state index in [-0.39, 0.29) is 18.2 Å². The molecule has 3 atom stereocenters. The molecule has 1 aromatic carbocycles. The van der Waals surface area contributed by atoms with Crippen LogP contribution in [0.15, 0.2) is 28.8 Å². The summed E-state index contributed by atoms with van der Waals surface area (Å²) in [6.07, 6.45) is 0.835. The number of ether oxygens (including phenoxy) is 1. The van der Waals surface area contributed by atoms with Gasteiger partial charge in [-0.2, -0.15) is 4.98 Å². The van der Waals surface area contributed by atoms with Crippen molar-refractivity contribution in [3.63, 3.8) is 0 Å². The molecule has 2 aliphatic rings. The number of β-amino-alcohol motifs (C(OH)–C–C–N with tert-alkyl or cyclic N) is 1. The highest BCUT2D eigenvalue weighted by Gasteiger charge is 2.32. The second-order valence-corrected chi connectivity index (χ2v) is 5.26. The maximum Gasteiger partial charge on any atom is 0.244 e. The Morgan fingerprint density at radius 2 is 2.20 bits per heavy atom. The zero-order valence-electron chi connectivity index (χ0n) is 10.8. The van der Waals surface area contributed by atoms with Crippen LogP contribution in [-0.2, 0) is 6.42 Å². The molecule has 2 aromatic rings. The van der Waals surface area contributed by atoms with Crippen molar-refractivity contribution >= 4 is 0 Å². The first kappa shape index (κ1) is 11.9. The molecule has 0 aliphatic carbocycles. The second kappa shape index (κ2) is 4.57. The molecule has 2 N–H and O–H groups in total. The number of rotatable bonds is 2. The van der Waals surface area contributed by atoms with Crippen LogP contribution in [-0.4, -0.2) is 27.9 Å². The van der Waals surface area contributed by atoms with Gasteiger partial charge in [0.25, 0.3) is 0 Å². The van der Waals surface area contributed by atoms with E-state index in [1.807, 2.05) is 24.3 Å². The lowest BCUT2D eigenvalue weighted by Gasteiger charge is -2.05. The van der Waals surface area contributed by atoms with Gasteiger partial charge in [0.15, 0.2) is 6.10 Å². The van der Waals surface area contributed by atoms with E-state index >= 15 is 0 Å². The Balaban J connectivity index is 1.52. The molecule has 0 bridgehead atoms. The Morgan fingerprint density at radius 1 is 1.30 bits per heavy atom. The van der Waals surface area contributed by atoms with E-state index in [4.69, 9.17) is 9.26 Å². The Hall–Kier alpha value is -1.92. The van der Waals surface area contributed by atoms with Crippen LogP contribution < -0.4 is 10.1 Å². The molecule has 1 fully saturated rings. The summed E-state index contributed by atoms with van der Waals surface area (Å²) >= 11 is 0. The number of aromatic nitrogens is 2. The molecule has 1 aromatic heterocycles. The maximum absolute atomic E-state index is 9.52. The van der Waals surface area contributed by atoms with Crippen LogP contribution in [0.5, 0.6) is 5.75 Å². The standard InChI is InChI=1S/C14H15N3O3/c18-9-6-10(15-7-9)14-16-13(17-20-14)12-5-8-3-1-2-4-11(8)19-12/h1-4,9-10,12,15,18H,5-7H2/t9?,10-,12?/m0/s1. The Labute approximate surface area is 115 Å². The Kier molecular flexibility index (Phi) is 2.71. The predicted molar refractivity (Wildman–Crippen MR) is 69.2 cm³/mol. The zero-order chi connectivity index (χ0) is 13.5. The lowest BCUT2D eigenvalue weighted by atomic mass is 10.1. The molecule has 6 heteroatoms. The van der Waals surface area contributed by atoms with Gasteiger partial charge in [-0.25, -0.2) is 0 Å². The summed E-state index contributed by atoms with van der Waals surface area (Å²) in [7, 11) is 0. The van der Waals surface area contributed by atoms with Gasteiger partial charge in [-0.15, -0.1) is 0 Å². The van der Waals surface area contributed by atoms with Crippen LogP contribution in [0.3, 0.4) is 0 Å². The summed E-state index contributed by atoms with van der Waals surface area (Å²) in [5, 5.41) is 16.7. The third-order valence-electron chi connectivity index (χ3n) is 3.80. The van der Waals surface area contributed by atoms with Crippen LogP contribution in [0, 0.1) is 0 Å². The number of nitrogens with zero attached hydrogens (tertiary/aromatic N) is 2. The third-order valence-corrected chi connectivity index (χ3v) is 3.80. The summed E-state index contributed by atoms with van der Waals surface area (Å²) in [5.74, 6) is 1.98. The summed E-state index contributed by atoms with van der Waals surface area (Å²) in [6.45, 7) is 0.563. The Morgan fingerprint density at radius 3 is 3.00 bits per heavy atom. The average molecular weight is 273 g/mol. The van der Waals surface area contributed by atoms with Gasteiger partial charge in [0.1, 0.15) is 5.75 Å². The molecule has 3 heterocycles. The van der Waals surface area contributed by atoms with Gasteiger partial charge in [-0.1, -0.05) is 23.4 Å². The van der Waals surface area contributed by atoms with E-state index in [9.17, 15) is 5.11 Å². The Bertz CT molecular complexity index is 603. The van der Waals surface area contributed by atoms with Gasteiger partial charge in [0, 0.05) is 13.0 Å². The number of aliphatic hydroxyl groups is 1. The minimum Gasteiger partial charge on any atom is -0.482 e. The van der Waals surface area contributed by atoms with Gasteiger partial charge in [-0.3, -0.25) is 0 Å². The normalized spacial score (nSPS) is 28.4. The number of para-hydroxylation sites is 1. The van der Waals surface area contributed by atoms with Crippen LogP contribution >= 0.6 is 0 Å². The topological polar surface area (TPSA) is 80.4 Å². The molecule has 0 radical (unpaired) electrons. The van der Waals surface area contributed by atoms with E-state index in [2.05, 4.69) is 15.5 Å². The van der Waals surface area contributed by atoms with E-state index in [1.54, 1.807) is 0 Å². The molecule has 20 heavy (non-hydrogen) atoms. The number of aliphatic hydroxyl groups excluding tert-OH is 1. The summed E-state index contributed by atoms with van der Waals surface area (Å²) in [5.41, 5.74) is 1.17. The molecule has 104 valence electrons. The smallest absolute Gasteiger partial charge is 0.244 e. The van der Waals surface area contributed by atoms with Crippen LogP contribution in [0.1, 0.15) is 35.8 Å². The van der Waals surface area contributed by atoms with Gasteiger partial charge >= 0.3 is 0 Å². The average Bonchev–Trinajstić information content (AvgIpc) is 3.16. The van der Waals surface area contributed by atoms with Crippen molar-refractivity contribution in [2.45, 2.75) is 31.1 Å². The SMILES string of the molecule is OC1CN[C@H](c2nc(C3Cc4ccccc4O3)no2)C1. The largest absolute Gasteiger partial charge is 0.482 e. The highest BCUT2D eigenvalue weighted by molar-refractivity contribution is 5.37. The molecule has 2 aliphatic heterocycles. The van der Waals surface area contributed by atoms with Crippen LogP contribution in [0.4, 0.5) is 0 Å². The fraction of sp³-hybridized carbons (Fsp3) is 0.429. The molecule has 4 rings (SSSR count). The first-order chi connectivity index (χ1) is 9.79. The molecule has 0 spiro atoms. The summed E-state index contributed by atoms with van der Waals surface area (Å²) in [4.78, 5) is 4.42. The maximum atomic E-state index is 9.52. The summed E-state index contributed by atoms with van der Waals surface area (Å²) in [6, 6.07) is 7.88. The van der Waals surface area contributed by atoms with Gasteiger partial charge in [0.2, 0.25) is 11.7 Å². The molecular weight excluding hydrogens is 258 g/mol. The predicted octanol–water partition coefficient (Wildman–Crippen LogP) is 1.14. The molecule has 1 saturated heterocycles. The highest BCUT2D eigenvalue weighted by atomic mass is 16.5. The lowest BCUT2D eigenvalue weighted by Crippen LogP contribution is -2.15. The number of fused-ring (bicyclic) bond motifs is 1. The first-order valence-corrected chi connectivity index (χ1v) is 6.79. The van der Waals surface area contributed by atoms with Gasteiger partial charge < -0.3 is 19.7 Å². The van der Waals surface area contributed by atoms with Crippen molar-refractivity contribution in [1.29, 1.82) is 0 Å². The molecule has 0 amide bonds. The second-order valence-electron chi connectivity index (χ2n) is 5.26. The van der Waals surface area contributed by atoms with Crippen LogP contribution in [0.2, 0.25) is 0 Å². The number of hydrogen-bond donors (Lipinski definition) is 2. The van der Waals surface area contributed by atoms with E-state index < -0.39 is 0 Å². The molecule has 6 nitrogen and oxygen atoms in total. The van der Waals surface area contributed by atoms with E-state index in [0.717, 1.165) is 12.2 Å². The number of hydrogen-bond acceptors (Lipinski definition) is 6. The number of nitrogens with one attached hydrogen (secondary N) is 1. The van der Waals surface area contributed by atoms with Crippen molar-refractivity contribution in [3.05, 3.63) is 41.5 Å². The minimum absolute atomic E-state index is 0.0602. The van der Waals surface area contributed by atoms with E-state index in [0.29, 0.717) is 24.7 Å². The lowest BCUT2D eigenvalue weighted by molar-refractivity contribution is 0.190. The van der Waals surface area contributed by atoms with E-state index in [1.165, 1.54) is 5.56 Å². The van der Waals surface area contributed by atoms with Crippen molar-refractivity contribution < 1.29 is 14.4 Å². The van der Waals surface area contributed by atoms with Gasteiger partial charge in [0.05, 0.1) is 12.1 Å². The zero-order valence-corrected chi connectivity index (χ0v) is 10.8. The quantitative estimate of drug-likeness (QED) is 0.854. The monoisotopic (exact) mass is 273 g/mol. The first-order valence-electron chi connectivity index (χ1n) is 6.79. The fourth-order valence-corrected chi connectivity index (χ4v) is 2.75. The van der Waals surface area contributed by atoms with Gasteiger partial charge in [-0.05, 0) is 18.1 Å². The van der Waals surface area contributed by atoms with Crippen LogP contribution in [0.25, 0.3) is 0 Å². The number of benzene rings is 1. The highest BCUT2D eigenvalue weighted by Crippen LogP contribution is 2.35. The minimum atomic E-state index is -0.345. The molecule has 0 saturated carbocycles. The molecule has 2 unspecified atom stereocenters. The van der Waals surface area contributed by atoms with Crippen molar-refractivity contribution in [2.24, 2.45) is 0 Å². The van der Waals surface area contributed by atoms with Crippen molar-refractivity contribution in [3.8, 4) is 5.75 Å². The molecular formula is C14H15N3O3. The fourth-order valence-electron chi connectivity index (χ4n) is 2.75. The summed E-state index contributed by atoms with van der Waals surface area (Å²) < 4.78 is 11.1. The van der Waals surface area contributed by atoms with Crippen molar-refractivity contribution in [2.75, 3.05) is 6.54 Å². The third kappa shape index (κ3) is 1.97. The van der Waals surface area contributed by atoms with Crippen molar-refractivity contribution in [1.82, 2.24) is 15.5 Å².